The van der Waals surface area contributed by atoms with Gasteiger partial charge in [0.15, 0.2) is 0 Å². The Morgan fingerprint density at radius 3 is 2.32 bits per heavy atom. The van der Waals surface area contributed by atoms with E-state index in [0.717, 1.165) is 6.42 Å². The molecule has 0 bridgehead atoms. The van der Waals surface area contributed by atoms with Crippen molar-refractivity contribution in [1.82, 2.24) is 14.5 Å². The molecule has 0 aromatic heterocycles. The van der Waals surface area contributed by atoms with Crippen molar-refractivity contribution >= 4 is 27.5 Å². The average molecular weight is 428 g/mol. The largest absolute Gasteiger partial charge is 0.352 e. The van der Waals surface area contributed by atoms with E-state index in [9.17, 15) is 13.2 Å². The van der Waals surface area contributed by atoms with E-state index in [1.807, 2.05) is 6.92 Å². The molecule has 1 aromatic carbocycles. The van der Waals surface area contributed by atoms with Gasteiger partial charge < -0.3 is 5.32 Å². The molecular weight excluding hydrogens is 398 g/mol. The van der Waals surface area contributed by atoms with E-state index in [4.69, 9.17) is 11.6 Å². The predicted molar refractivity (Wildman–Crippen MR) is 111 cm³/mol. The maximum Gasteiger partial charge on any atom is 0.243 e. The summed E-state index contributed by atoms with van der Waals surface area (Å²) in [7, 11) is -3.53. The molecule has 0 radical (unpaired) electrons. The molecule has 2 aliphatic rings. The molecule has 1 aliphatic carbocycles. The Morgan fingerprint density at radius 2 is 1.71 bits per heavy atom. The van der Waals surface area contributed by atoms with Crippen LogP contribution in [0.25, 0.3) is 0 Å². The summed E-state index contributed by atoms with van der Waals surface area (Å²) in [4.78, 5) is 15.0. The highest BCUT2D eigenvalue weighted by Gasteiger charge is 2.33. The lowest BCUT2D eigenvalue weighted by Crippen LogP contribution is -2.56. The van der Waals surface area contributed by atoms with Crippen LogP contribution in [0.4, 0.5) is 0 Å². The third kappa shape index (κ3) is 4.87. The minimum absolute atomic E-state index is 0.0489. The Kier molecular flexibility index (Phi) is 7.02. The number of rotatable bonds is 5. The zero-order valence-electron chi connectivity index (χ0n) is 16.6. The standard InChI is InChI=1S/C20H30ClN3O3S/c1-15-5-3-4-6-19(15)22-20(25)16(2)23-11-13-24(14-12-23)28(26,27)18-9-7-17(21)8-10-18/h7-10,15-16,19H,3-6,11-14H2,1-2H3,(H,22,25)/t15-,16+,19+/m0/s1. The van der Waals surface area contributed by atoms with Gasteiger partial charge in [-0.05, 0) is 49.9 Å². The van der Waals surface area contributed by atoms with Crippen LogP contribution < -0.4 is 5.32 Å². The summed E-state index contributed by atoms with van der Waals surface area (Å²) in [6.45, 7) is 5.95. The van der Waals surface area contributed by atoms with Crippen molar-refractivity contribution in [2.75, 3.05) is 26.2 Å². The Balaban J connectivity index is 1.55. The second-order valence-corrected chi connectivity index (χ2v) is 10.3. The van der Waals surface area contributed by atoms with E-state index in [2.05, 4.69) is 17.1 Å². The molecule has 156 valence electrons. The van der Waals surface area contributed by atoms with Gasteiger partial charge in [-0.2, -0.15) is 4.31 Å². The maximum atomic E-state index is 12.8. The highest BCUT2D eigenvalue weighted by molar-refractivity contribution is 7.89. The molecule has 1 amide bonds. The fourth-order valence-electron chi connectivity index (χ4n) is 4.09. The summed E-state index contributed by atoms with van der Waals surface area (Å²) >= 11 is 5.86. The lowest BCUT2D eigenvalue weighted by atomic mass is 9.86. The summed E-state index contributed by atoms with van der Waals surface area (Å²) in [5, 5.41) is 3.72. The van der Waals surface area contributed by atoms with E-state index < -0.39 is 10.0 Å². The minimum Gasteiger partial charge on any atom is -0.352 e. The molecule has 1 N–H and O–H groups in total. The number of piperazine rings is 1. The van der Waals surface area contributed by atoms with E-state index in [1.165, 1.54) is 35.7 Å². The monoisotopic (exact) mass is 427 g/mol. The van der Waals surface area contributed by atoms with Crippen molar-refractivity contribution in [3.8, 4) is 0 Å². The van der Waals surface area contributed by atoms with Crippen LogP contribution in [0.2, 0.25) is 5.02 Å². The van der Waals surface area contributed by atoms with Gasteiger partial charge in [0.25, 0.3) is 0 Å². The van der Waals surface area contributed by atoms with Gasteiger partial charge in [0.2, 0.25) is 15.9 Å². The molecule has 1 saturated carbocycles. The lowest BCUT2D eigenvalue weighted by Gasteiger charge is -2.38. The van der Waals surface area contributed by atoms with Crippen molar-refractivity contribution in [1.29, 1.82) is 0 Å². The molecule has 1 saturated heterocycles. The van der Waals surface area contributed by atoms with Crippen LogP contribution in [0.15, 0.2) is 29.2 Å². The molecule has 2 fully saturated rings. The van der Waals surface area contributed by atoms with Crippen LogP contribution in [0.3, 0.4) is 0 Å². The fourth-order valence-corrected chi connectivity index (χ4v) is 5.63. The Labute approximate surface area is 173 Å². The van der Waals surface area contributed by atoms with Gasteiger partial charge in [-0.15, -0.1) is 0 Å². The average Bonchev–Trinajstić information content (AvgIpc) is 2.69. The van der Waals surface area contributed by atoms with Crippen molar-refractivity contribution in [3.05, 3.63) is 29.3 Å². The summed E-state index contributed by atoms with van der Waals surface area (Å²) in [5.41, 5.74) is 0. The first-order chi connectivity index (χ1) is 13.3. The smallest absolute Gasteiger partial charge is 0.243 e. The first-order valence-electron chi connectivity index (χ1n) is 10.1. The van der Waals surface area contributed by atoms with Crippen LogP contribution in [0, 0.1) is 5.92 Å². The van der Waals surface area contributed by atoms with Gasteiger partial charge in [0.05, 0.1) is 10.9 Å². The number of halogens is 1. The third-order valence-corrected chi connectivity index (χ3v) is 8.26. The third-order valence-electron chi connectivity index (χ3n) is 6.09. The number of benzene rings is 1. The van der Waals surface area contributed by atoms with E-state index in [0.29, 0.717) is 37.1 Å². The van der Waals surface area contributed by atoms with Crippen molar-refractivity contribution in [2.24, 2.45) is 5.92 Å². The Bertz CT molecular complexity index is 776. The van der Waals surface area contributed by atoms with Gasteiger partial charge in [-0.25, -0.2) is 8.42 Å². The Morgan fingerprint density at radius 1 is 1.11 bits per heavy atom. The van der Waals surface area contributed by atoms with E-state index >= 15 is 0 Å². The Hall–Kier alpha value is -1.15. The molecule has 28 heavy (non-hydrogen) atoms. The second kappa shape index (κ2) is 9.11. The van der Waals surface area contributed by atoms with Gasteiger partial charge in [0.1, 0.15) is 0 Å². The van der Waals surface area contributed by atoms with E-state index in [-0.39, 0.29) is 22.9 Å². The van der Waals surface area contributed by atoms with E-state index in [1.54, 1.807) is 12.1 Å². The summed E-state index contributed by atoms with van der Waals surface area (Å²) < 4.78 is 27.1. The number of carbonyl (C=O) groups excluding carboxylic acids is 1. The number of carbonyl (C=O) groups is 1. The molecule has 1 aliphatic heterocycles. The maximum absolute atomic E-state index is 12.8. The van der Waals surface area contributed by atoms with Crippen molar-refractivity contribution in [3.63, 3.8) is 0 Å². The molecule has 3 rings (SSSR count). The van der Waals surface area contributed by atoms with Crippen molar-refractivity contribution < 1.29 is 13.2 Å². The second-order valence-electron chi connectivity index (χ2n) is 7.95. The highest BCUT2D eigenvalue weighted by Crippen LogP contribution is 2.24. The molecule has 0 unspecified atom stereocenters. The molecule has 0 spiro atoms. The van der Waals surface area contributed by atoms with Crippen LogP contribution in [0.5, 0.6) is 0 Å². The number of sulfonamides is 1. The molecule has 6 nitrogen and oxygen atoms in total. The van der Waals surface area contributed by atoms with Gasteiger partial charge in [0, 0.05) is 37.2 Å². The number of nitrogens with one attached hydrogen (secondary N) is 1. The zero-order valence-corrected chi connectivity index (χ0v) is 18.2. The first-order valence-corrected chi connectivity index (χ1v) is 11.9. The SMILES string of the molecule is C[C@H](C(=O)N[C@@H]1CCCC[C@@H]1C)N1CCN(S(=O)(=O)c2ccc(Cl)cc2)CC1. The summed E-state index contributed by atoms with van der Waals surface area (Å²) in [6, 6.07) is 6.24. The van der Waals surface area contributed by atoms with Gasteiger partial charge in [-0.1, -0.05) is 31.4 Å². The van der Waals surface area contributed by atoms with Gasteiger partial charge >= 0.3 is 0 Å². The van der Waals surface area contributed by atoms with Crippen LogP contribution >= 0.6 is 11.6 Å². The highest BCUT2D eigenvalue weighted by atomic mass is 35.5. The predicted octanol–water partition coefficient (Wildman–Crippen LogP) is 2.73. The molecule has 1 aromatic rings. The van der Waals surface area contributed by atoms with Gasteiger partial charge in [-0.3, -0.25) is 9.69 Å². The minimum atomic E-state index is -3.53. The molecule has 3 atom stereocenters. The molecular formula is C20H30ClN3O3S. The topological polar surface area (TPSA) is 69.7 Å². The zero-order chi connectivity index (χ0) is 20.3. The van der Waals surface area contributed by atoms with Crippen LogP contribution in [0.1, 0.15) is 39.5 Å². The first kappa shape index (κ1) is 21.6. The number of amides is 1. The number of nitrogens with zero attached hydrogens (tertiary/aromatic N) is 2. The molecule has 1 heterocycles. The number of hydrogen-bond acceptors (Lipinski definition) is 4. The molecule has 8 heteroatoms. The fraction of sp³-hybridized carbons (Fsp3) is 0.650. The summed E-state index contributed by atoms with van der Waals surface area (Å²) in [5.74, 6) is 0.569. The quantitative estimate of drug-likeness (QED) is 0.784. The normalized spacial score (nSPS) is 26.0. The van der Waals surface area contributed by atoms with Crippen LogP contribution in [-0.2, 0) is 14.8 Å². The van der Waals surface area contributed by atoms with Crippen molar-refractivity contribution in [2.45, 2.75) is 56.5 Å². The summed E-state index contributed by atoms with van der Waals surface area (Å²) in [6.07, 6.45) is 4.63. The number of hydrogen-bond donors (Lipinski definition) is 1. The van der Waals surface area contributed by atoms with Crippen LogP contribution in [-0.4, -0.2) is 61.8 Å². The lowest BCUT2D eigenvalue weighted by molar-refractivity contribution is -0.127.